The van der Waals surface area contributed by atoms with Crippen molar-refractivity contribution < 1.29 is 36.2 Å². The highest BCUT2D eigenvalue weighted by Gasteiger charge is 2.71. The fourth-order valence-electron chi connectivity index (χ4n) is 3.56. The summed E-state index contributed by atoms with van der Waals surface area (Å²) in [5, 5.41) is 12.0. The molecular formula is C20H18F6N2O2. The van der Waals surface area contributed by atoms with Gasteiger partial charge in [0.05, 0.1) is 0 Å². The Hall–Kier alpha value is -2.75. The third-order valence-corrected chi connectivity index (χ3v) is 5.09. The topological polar surface area (TPSA) is 52.6 Å². The molecule has 0 unspecified atom stereocenters. The number of alkyl halides is 6. The smallest absolute Gasteiger partial charge is 0.369 e. The highest BCUT2D eigenvalue weighted by atomic mass is 19.4. The molecule has 162 valence electrons. The molecule has 0 saturated heterocycles. The van der Waals surface area contributed by atoms with Crippen molar-refractivity contribution in [1.82, 2.24) is 0 Å². The van der Waals surface area contributed by atoms with Crippen molar-refractivity contribution >= 4 is 17.8 Å². The van der Waals surface area contributed by atoms with Crippen molar-refractivity contribution in [1.29, 1.82) is 0 Å². The van der Waals surface area contributed by atoms with Crippen molar-refractivity contribution in [3.63, 3.8) is 0 Å². The zero-order chi connectivity index (χ0) is 22.2. The van der Waals surface area contributed by atoms with E-state index in [9.17, 15) is 36.2 Å². The van der Waals surface area contributed by atoms with Gasteiger partial charge < -0.3 is 15.3 Å². The summed E-state index contributed by atoms with van der Waals surface area (Å²) in [6.07, 6.45) is -9.68. The molecule has 2 aromatic carbocycles. The van der Waals surface area contributed by atoms with Gasteiger partial charge in [0, 0.05) is 30.0 Å². The summed E-state index contributed by atoms with van der Waals surface area (Å²) in [5.74, 6) is 0. The normalized spacial score (nSPS) is 15.0. The highest BCUT2D eigenvalue weighted by Crippen LogP contribution is 2.50. The fraction of sp³-hybridized carbons (Fsp3) is 0.350. The minimum absolute atomic E-state index is 0.268. The molecule has 4 nitrogen and oxygen atoms in total. The molecule has 2 N–H and O–H groups in total. The highest BCUT2D eigenvalue weighted by molar-refractivity contribution is 5.74. The zero-order valence-electron chi connectivity index (χ0n) is 15.5. The van der Waals surface area contributed by atoms with E-state index in [2.05, 4.69) is 5.32 Å². The van der Waals surface area contributed by atoms with Crippen LogP contribution in [0.5, 0.6) is 0 Å². The molecule has 0 fully saturated rings. The van der Waals surface area contributed by atoms with Gasteiger partial charge in [-0.2, -0.15) is 26.3 Å². The average Bonchev–Trinajstić information content (AvgIpc) is 2.66. The summed E-state index contributed by atoms with van der Waals surface area (Å²) < 4.78 is 78.0. The first-order valence-corrected chi connectivity index (χ1v) is 9.00. The Balaban J connectivity index is 1.84. The molecule has 10 heteroatoms. The number of hydrogen-bond acceptors (Lipinski definition) is 3. The Labute approximate surface area is 168 Å². The summed E-state index contributed by atoms with van der Waals surface area (Å²) in [6, 6.07) is 8.94. The second-order valence-electron chi connectivity index (χ2n) is 7.03. The van der Waals surface area contributed by atoms with E-state index < -0.39 is 23.5 Å². The van der Waals surface area contributed by atoms with Crippen LogP contribution in [0.3, 0.4) is 0 Å². The maximum atomic E-state index is 13.0. The first kappa shape index (κ1) is 21.9. The standard InChI is InChI=1S/C20H18F6N2O2/c21-19(22,23)18(30,20(24,25)26)15-5-3-13(4-6-15)11-28-9-1-2-14-10-16(27-12-29)7-8-17(14)28/h3-8,10,12,30H,1-2,9,11H2,(H,27,29). The maximum absolute atomic E-state index is 13.0. The molecule has 0 saturated carbocycles. The molecular weight excluding hydrogens is 414 g/mol. The maximum Gasteiger partial charge on any atom is 0.430 e. The summed E-state index contributed by atoms with van der Waals surface area (Å²) in [7, 11) is 0. The van der Waals surface area contributed by atoms with Crippen molar-refractivity contribution in [3.05, 3.63) is 59.2 Å². The number of carbonyl (C=O) groups is 1. The molecule has 2 aromatic rings. The molecule has 1 amide bonds. The van der Waals surface area contributed by atoms with Gasteiger partial charge in [0.25, 0.3) is 5.60 Å². The quantitative estimate of drug-likeness (QED) is 0.540. The Morgan fingerprint density at radius 1 is 1.00 bits per heavy atom. The monoisotopic (exact) mass is 432 g/mol. The number of benzene rings is 2. The molecule has 0 radical (unpaired) electrons. The molecule has 0 atom stereocenters. The van der Waals surface area contributed by atoms with Crippen molar-refractivity contribution in [3.8, 4) is 0 Å². The molecule has 1 aliphatic heterocycles. The van der Waals surface area contributed by atoms with E-state index in [4.69, 9.17) is 0 Å². The van der Waals surface area contributed by atoms with Crippen LogP contribution in [0, 0.1) is 0 Å². The molecule has 30 heavy (non-hydrogen) atoms. The number of halogens is 6. The number of aliphatic hydroxyl groups is 1. The van der Waals surface area contributed by atoms with Crippen molar-refractivity contribution in [2.45, 2.75) is 37.3 Å². The SMILES string of the molecule is O=CNc1ccc2c(c1)CCCN2Cc1ccc(C(O)(C(F)(F)F)C(F)(F)F)cc1. The number of hydrogen-bond donors (Lipinski definition) is 2. The summed E-state index contributed by atoms with van der Waals surface area (Å²) in [6.45, 7) is 0.925. The van der Waals surface area contributed by atoms with Crippen LogP contribution in [0.1, 0.15) is 23.1 Å². The molecule has 0 aliphatic carbocycles. The van der Waals surface area contributed by atoms with E-state index in [1.165, 1.54) is 0 Å². The van der Waals surface area contributed by atoms with Gasteiger partial charge >= 0.3 is 12.4 Å². The molecule has 3 rings (SSSR count). The number of amides is 1. The van der Waals surface area contributed by atoms with Crippen LogP contribution >= 0.6 is 0 Å². The van der Waals surface area contributed by atoms with Crippen LogP contribution in [0.4, 0.5) is 37.7 Å². The first-order valence-electron chi connectivity index (χ1n) is 9.00. The Bertz CT molecular complexity index is 895. The third-order valence-electron chi connectivity index (χ3n) is 5.09. The van der Waals surface area contributed by atoms with E-state index in [1.54, 1.807) is 12.1 Å². The molecule has 1 aliphatic rings. The van der Waals surface area contributed by atoms with Gasteiger partial charge in [0.15, 0.2) is 0 Å². The summed E-state index contributed by atoms with van der Waals surface area (Å²) >= 11 is 0. The van der Waals surface area contributed by atoms with E-state index in [1.807, 2.05) is 11.0 Å². The van der Waals surface area contributed by atoms with Crippen molar-refractivity contribution in [2.24, 2.45) is 0 Å². The minimum Gasteiger partial charge on any atom is -0.369 e. The van der Waals surface area contributed by atoms with E-state index in [0.29, 0.717) is 36.3 Å². The Kier molecular flexibility index (Phi) is 5.72. The Morgan fingerprint density at radius 2 is 1.63 bits per heavy atom. The number of nitrogens with zero attached hydrogens (tertiary/aromatic N) is 1. The lowest BCUT2D eigenvalue weighted by Gasteiger charge is -2.33. The second kappa shape index (κ2) is 7.82. The number of nitrogens with one attached hydrogen (secondary N) is 1. The number of anilines is 2. The van der Waals surface area contributed by atoms with Gasteiger partial charge in [-0.3, -0.25) is 4.79 Å². The number of fused-ring (bicyclic) bond motifs is 1. The lowest BCUT2D eigenvalue weighted by Crippen LogP contribution is -2.53. The minimum atomic E-state index is -5.91. The van der Waals surface area contributed by atoms with Gasteiger partial charge in [-0.1, -0.05) is 24.3 Å². The van der Waals surface area contributed by atoms with Crippen LogP contribution in [0.25, 0.3) is 0 Å². The van der Waals surface area contributed by atoms with Crippen LogP contribution in [-0.4, -0.2) is 30.4 Å². The number of rotatable bonds is 5. The lowest BCUT2D eigenvalue weighted by atomic mass is 9.91. The predicted molar refractivity (Wildman–Crippen MR) is 97.9 cm³/mol. The molecule has 1 heterocycles. The lowest BCUT2D eigenvalue weighted by molar-refractivity contribution is -0.376. The summed E-state index contributed by atoms with van der Waals surface area (Å²) in [5.41, 5.74) is -3.23. The van der Waals surface area contributed by atoms with Crippen LogP contribution in [0.15, 0.2) is 42.5 Å². The predicted octanol–water partition coefficient (Wildman–Crippen LogP) is 4.52. The molecule has 0 aromatic heterocycles. The zero-order valence-corrected chi connectivity index (χ0v) is 15.5. The van der Waals surface area contributed by atoms with Crippen LogP contribution in [0.2, 0.25) is 0 Å². The largest absolute Gasteiger partial charge is 0.430 e. The van der Waals surface area contributed by atoms with Gasteiger partial charge in [0.1, 0.15) is 0 Å². The average molecular weight is 432 g/mol. The second-order valence-corrected chi connectivity index (χ2v) is 7.03. The van der Waals surface area contributed by atoms with Crippen molar-refractivity contribution in [2.75, 3.05) is 16.8 Å². The van der Waals surface area contributed by atoms with E-state index >= 15 is 0 Å². The molecule has 0 spiro atoms. The van der Waals surface area contributed by atoms with E-state index in [-0.39, 0.29) is 6.54 Å². The van der Waals surface area contributed by atoms with Crippen LogP contribution < -0.4 is 10.2 Å². The van der Waals surface area contributed by atoms with Gasteiger partial charge in [-0.15, -0.1) is 0 Å². The Morgan fingerprint density at radius 3 is 2.20 bits per heavy atom. The van der Waals surface area contributed by atoms with Crippen LogP contribution in [-0.2, 0) is 23.4 Å². The van der Waals surface area contributed by atoms with E-state index in [0.717, 1.165) is 36.2 Å². The molecule has 0 bridgehead atoms. The fourth-order valence-corrected chi connectivity index (χ4v) is 3.56. The van der Waals surface area contributed by atoms with Gasteiger partial charge in [-0.25, -0.2) is 0 Å². The first-order chi connectivity index (χ1) is 14.0. The summed E-state index contributed by atoms with van der Waals surface area (Å²) in [4.78, 5) is 12.5. The number of aryl methyl sites for hydroxylation is 1. The van der Waals surface area contributed by atoms with Gasteiger partial charge in [-0.05, 0) is 42.2 Å². The third kappa shape index (κ3) is 3.96. The number of carbonyl (C=O) groups excluding carboxylic acids is 1. The van der Waals surface area contributed by atoms with Gasteiger partial charge in [0.2, 0.25) is 6.41 Å².